The quantitative estimate of drug-likeness (QED) is 0.569. The second-order valence-corrected chi connectivity index (χ2v) is 8.43. The summed E-state index contributed by atoms with van der Waals surface area (Å²) in [6, 6.07) is 19.0. The number of hydrogen-bond acceptors (Lipinski definition) is 4. The molecule has 4 rings (SSSR count). The van der Waals surface area contributed by atoms with Gasteiger partial charge >= 0.3 is 0 Å². The van der Waals surface area contributed by atoms with Crippen LogP contribution in [0, 0.1) is 5.82 Å². The molecule has 0 saturated carbocycles. The third-order valence-electron chi connectivity index (χ3n) is 5.99. The predicted octanol–water partition coefficient (Wildman–Crippen LogP) is 3.85. The molecule has 1 atom stereocenters. The number of hydrogen-bond donors (Lipinski definition) is 2. The molecule has 1 aliphatic heterocycles. The number of fused-ring (bicyclic) bond motifs is 1. The molecular formula is C27H27FN4O3. The number of nitrogens with zero attached hydrogens (tertiary/aromatic N) is 2. The first-order chi connectivity index (χ1) is 16.9. The lowest BCUT2D eigenvalue weighted by Gasteiger charge is -2.31. The highest BCUT2D eigenvalue weighted by atomic mass is 19.1. The topological polar surface area (TPSA) is 81.8 Å². The largest absolute Gasteiger partial charge is 0.340 e. The van der Waals surface area contributed by atoms with Gasteiger partial charge in [-0.2, -0.15) is 0 Å². The van der Waals surface area contributed by atoms with Gasteiger partial charge in [0.05, 0.1) is 23.8 Å². The summed E-state index contributed by atoms with van der Waals surface area (Å²) in [5.41, 5.74) is 2.11. The normalized spacial score (nSPS) is 15.1. The number of amides is 3. The van der Waals surface area contributed by atoms with Crippen LogP contribution in [0.25, 0.3) is 0 Å². The Bertz CT molecular complexity index is 1250. The van der Waals surface area contributed by atoms with Gasteiger partial charge in [0.1, 0.15) is 5.82 Å². The zero-order valence-electron chi connectivity index (χ0n) is 19.6. The number of likely N-dealkylation sites (N-methyl/N-ethyl adjacent to an activating group) is 2. The lowest BCUT2D eigenvalue weighted by molar-refractivity contribution is -0.116. The average Bonchev–Trinajstić information content (AvgIpc) is 3.02. The van der Waals surface area contributed by atoms with Gasteiger partial charge in [-0.15, -0.1) is 0 Å². The number of benzene rings is 3. The third-order valence-corrected chi connectivity index (χ3v) is 5.99. The van der Waals surface area contributed by atoms with Crippen LogP contribution in [0.4, 0.5) is 15.8 Å². The minimum atomic E-state index is -0.618. The van der Waals surface area contributed by atoms with E-state index in [1.165, 1.54) is 23.1 Å². The molecule has 0 aliphatic carbocycles. The molecule has 0 bridgehead atoms. The summed E-state index contributed by atoms with van der Waals surface area (Å²) >= 11 is 0. The van der Waals surface area contributed by atoms with E-state index in [0.29, 0.717) is 30.0 Å². The van der Waals surface area contributed by atoms with Crippen LogP contribution in [0.1, 0.15) is 38.7 Å². The summed E-state index contributed by atoms with van der Waals surface area (Å²) in [7, 11) is 3.51. The van der Waals surface area contributed by atoms with Gasteiger partial charge in [-0.1, -0.05) is 36.4 Å². The molecule has 3 aromatic rings. The van der Waals surface area contributed by atoms with Gasteiger partial charge in [0.15, 0.2) is 0 Å². The minimum Gasteiger partial charge on any atom is -0.340 e. The Kier molecular flexibility index (Phi) is 7.22. The summed E-state index contributed by atoms with van der Waals surface area (Å²) in [6.07, 6.45) is 0.00506. The molecule has 0 radical (unpaired) electrons. The van der Waals surface area contributed by atoms with Crippen LogP contribution in [-0.2, 0) is 4.79 Å². The van der Waals surface area contributed by atoms with E-state index in [1.807, 2.05) is 37.4 Å². The van der Waals surface area contributed by atoms with Gasteiger partial charge in [-0.25, -0.2) is 4.39 Å². The highest BCUT2D eigenvalue weighted by Crippen LogP contribution is 2.39. The maximum Gasteiger partial charge on any atom is 0.259 e. The number of halogens is 1. The van der Waals surface area contributed by atoms with Gasteiger partial charge in [0.2, 0.25) is 5.91 Å². The van der Waals surface area contributed by atoms with Crippen molar-refractivity contribution in [2.24, 2.45) is 0 Å². The zero-order chi connectivity index (χ0) is 24.9. The average molecular weight is 475 g/mol. The Labute approximate surface area is 203 Å². The van der Waals surface area contributed by atoms with Crippen molar-refractivity contribution in [1.82, 2.24) is 10.2 Å². The molecule has 35 heavy (non-hydrogen) atoms. The van der Waals surface area contributed by atoms with Gasteiger partial charge in [0, 0.05) is 31.3 Å². The van der Waals surface area contributed by atoms with Crippen LogP contribution in [0.2, 0.25) is 0 Å². The van der Waals surface area contributed by atoms with Crippen LogP contribution in [0.5, 0.6) is 0 Å². The molecule has 1 unspecified atom stereocenters. The molecule has 0 saturated heterocycles. The fraction of sp³-hybridized carbons (Fsp3) is 0.222. The summed E-state index contributed by atoms with van der Waals surface area (Å²) in [5.74, 6) is -1.46. The van der Waals surface area contributed by atoms with E-state index in [4.69, 9.17) is 0 Å². The summed E-state index contributed by atoms with van der Waals surface area (Å²) < 4.78 is 14.0. The van der Waals surface area contributed by atoms with Crippen molar-refractivity contribution in [3.63, 3.8) is 0 Å². The summed E-state index contributed by atoms with van der Waals surface area (Å²) in [6.45, 7) is 1.15. The van der Waals surface area contributed by atoms with Crippen molar-refractivity contribution in [3.05, 3.63) is 95.3 Å². The zero-order valence-corrected chi connectivity index (χ0v) is 19.6. The van der Waals surface area contributed by atoms with Crippen molar-refractivity contribution in [2.75, 3.05) is 37.4 Å². The fourth-order valence-corrected chi connectivity index (χ4v) is 4.17. The fourth-order valence-electron chi connectivity index (χ4n) is 4.17. The Morgan fingerprint density at radius 1 is 1.06 bits per heavy atom. The molecule has 2 N–H and O–H groups in total. The smallest absolute Gasteiger partial charge is 0.259 e. The van der Waals surface area contributed by atoms with Gasteiger partial charge in [-0.3, -0.25) is 19.3 Å². The standard InChI is InChI=1S/C27H27FN4O3/c1-29-13-14-31(2)26(34)20-11-12-23-22(16-20)30-25(33)17-24(18-7-4-3-5-8-18)32(23)27(35)19-9-6-10-21(28)15-19/h3-12,15-16,24,29H,13-14,17H2,1-2H3,(H,30,33). The van der Waals surface area contributed by atoms with E-state index in [1.54, 1.807) is 36.2 Å². The molecule has 0 fully saturated rings. The van der Waals surface area contributed by atoms with Gasteiger partial charge < -0.3 is 15.5 Å². The maximum absolute atomic E-state index is 14.0. The van der Waals surface area contributed by atoms with Crippen molar-refractivity contribution in [1.29, 1.82) is 0 Å². The first kappa shape index (κ1) is 24.1. The Hall–Kier alpha value is -4.04. The van der Waals surface area contributed by atoms with Crippen LogP contribution in [0.15, 0.2) is 72.8 Å². The van der Waals surface area contributed by atoms with E-state index in [-0.39, 0.29) is 23.8 Å². The highest BCUT2D eigenvalue weighted by Gasteiger charge is 2.34. The van der Waals surface area contributed by atoms with Crippen LogP contribution in [-0.4, -0.2) is 49.8 Å². The number of anilines is 2. The first-order valence-corrected chi connectivity index (χ1v) is 11.4. The lowest BCUT2D eigenvalue weighted by Crippen LogP contribution is -2.35. The monoisotopic (exact) mass is 474 g/mol. The van der Waals surface area contributed by atoms with Crippen LogP contribution >= 0.6 is 0 Å². The molecular weight excluding hydrogens is 447 g/mol. The van der Waals surface area contributed by atoms with Crippen molar-refractivity contribution >= 4 is 29.1 Å². The van der Waals surface area contributed by atoms with Crippen molar-refractivity contribution in [2.45, 2.75) is 12.5 Å². The Balaban J connectivity index is 1.81. The minimum absolute atomic E-state index is 0.00506. The molecule has 0 spiro atoms. The van der Waals surface area contributed by atoms with Gasteiger partial charge in [-0.05, 0) is 49.0 Å². The van der Waals surface area contributed by atoms with E-state index in [2.05, 4.69) is 10.6 Å². The lowest BCUT2D eigenvalue weighted by atomic mass is 9.99. The molecule has 8 heteroatoms. The van der Waals surface area contributed by atoms with Crippen molar-refractivity contribution < 1.29 is 18.8 Å². The molecule has 1 heterocycles. The second kappa shape index (κ2) is 10.5. The van der Waals surface area contributed by atoms with E-state index >= 15 is 0 Å². The number of nitrogens with one attached hydrogen (secondary N) is 2. The second-order valence-electron chi connectivity index (χ2n) is 8.43. The van der Waals surface area contributed by atoms with Crippen LogP contribution < -0.4 is 15.5 Å². The van der Waals surface area contributed by atoms with Crippen LogP contribution in [0.3, 0.4) is 0 Å². The molecule has 1 aliphatic rings. The number of carbonyl (C=O) groups is 3. The molecule has 3 aromatic carbocycles. The molecule has 7 nitrogen and oxygen atoms in total. The molecule has 0 aromatic heterocycles. The van der Waals surface area contributed by atoms with E-state index in [0.717, 1.165) is 5.56 Å². The van der Waals surface area contributed by atoms with Gasteiger partial charge in [0.25, 0.3) is 11.8 Å². The Morgan fingerprint density at radius 2 is 1.83 bits per heavy atom. The molecule has 180 valence electrons. The summed E-state index contributed by atoms with van der Waals surface area (Å²) in [4.78, 5) is 42.7. The third kappa shape index (κ3) is 5.22. The summed E-state index contributed by atoms with van der Waals surface area (Å²) in [5, 5.41) is 5.86. The SMILES string of the molecule is CNCCN(C)C(=O)c1ccc2c(c1)NC(=O)CC(c1ccccc1)N2C(=O)c1cccc(F)c1. The van der Waals surface area contributed by atoms with Crippen molar-refractivity contribution in [3.8, 4) is 0 Å². The first-order valence-electron chi connectivity index (χ1n) is 11.4. The van der Waals surface area contributed by atoms with E-state index in [9.17, 15) is 18.8 Å². The van der Waals surface area contributed by atoms with E-state index < -0.39 is 17.8 Å². The highest BCUT2D eigenvalue weighted by molar-refractivity contribution is 6.12. The number of carbonyl (C=O) groups excluding carboxylic acids is 3. The maximum atomic E-state index is 14.0. The predicted molar refractivity (Wildman–Crippen MR) is 133 cm³/mol. The Morgan fingerprint density at radius 3 is 2.54 bits per heavy atom. The number of rotatable bonds is 6. The molecule has 3 amide bonds.